The summed E-state index contributed by atoms with van der Waals surface area (Å²) < 4.78 is 0. The van der Waals surface area contributed by atoms with Gasteiger partial charge in [0.15, 0.2) is 0 Å². The van der Waals surface area contributed by atoms with Gasteiger partial charge in [0.2, 0.25) is 0 Å². The number of benzene rings is 1. The molecule has 0 radical (unpaired) electrons. The Morgan fingerprint density at radius 1 is 1.09 bits per heavy atom. The Labute approximate surface area is 130 Å². The van der Waals surface area contributed by atoms with Gasteiger partial charge in [-0.15, -0.1) is 0 Å². The van der Waals surface area contributed by atoms with E-state index in [1.54, 1.807) is 26.2 Å². The summed E-state index contributed by atoms with van der Waals surface area (Å²) in [5.41, 5.74) is 0.795. The van der Waals surface area contributed by atoms with Crippen LogP contribution in [0.15, 0.2) is 24.3 Å². The topological polar surface area (TPSA) is 86.7 Å². The predicted octanol–water partition coefficient (Wildman–Crippen LogP) is 1.62. The minimum atomic E-state index is -1.05. The summed E-state index contributed by atoms with van der Waals surface area (Å²) in [6, 6.07) is 5.21. The Bertz CT molecular complexity index is 550. The lowest BCUT2D eigenvalue weighted by molar-refractivity contribution is -0.139. The van der Waals surface area contributed by atoms with Gasteiger partial charge in [0.05, 0.1) is 0 Å². The molecule has 2 N–H and O–H groups in total. The van der Waals surface area contributed by atoms with Crippen molar-refractivity contribution >= 4 is 17.8 Å². The lowest BCUT2D eigenvalue weighted by Gasteiger charge is -2.16. The van der Waals surface area contributed by atoms with Crippen LogP contribution in [0.3, 0.4) is 0 Å². The van der Waals surface area contributed by atoms with Gasteiger partial charge in [-0.2, -0.15) is 0 Å². The summed E-state index contributed by atoms with van der Waals surface area (Å²) in [5, 5.41) is 11.6. The molecule has 0 saturated carbocycles. The van der Waals surface area contributed by atoms with Crippen molar-refractivity contribution in [1.29, 1.82) is 0 Å². The van der Waals surface area contributed by atoms with Gasteiger partial charge in [-0.25, -0.2) is 4.79 Å². The largest absolute Gasteiger partial charge is 0.480 e. The molecule has 22 heavy (non-hydrogen) atoms. The molecule has 0 aliphatic heterocycles. The summed E-state index contributed by atoms with van der Waals surface area (Å²) >= 11 is 0. The van der Waals surface area contributed by atoms with Crippen molar-refractivity contribution < 1.29 is 19.5 Å². The molecular weight excluding hydrogens is 284 g/mol. The van der Waals surface area contributed by atoms with Crippen LogP contribution in [0.25, 0.3) is 0 Å². The number of hydrogen-bond donors (Lipinski definition) is 2. The quantitative estimate of drug-likeness (QED) is 0.836. The third kappa shape index (κ3) is 4.87. The van der Waals surface area contributed by atoms with Crippen LogP contribution < -0.4 is 5.32 Å². The van der Waals surface area contributed by atoms with Crippen LogP contribution >= 0.6 is 0 Å². The highest BCUT2D eigenvalue weighted by Crippen LogP contribution is 2.09. The highest BCUT2D eigenvalue weighted by Gasteiger charge is 2.21. The van der Waals surface area contributed by atoms with E-state index >= 15 is 0 Å². The van der Waals surface area contributed by atoms with E-state index in [0.29, 0.717) is 17.5 Å². The highest BCUT2D eigenvalue weighted by atomic mass is 16.4. The van der Waals surface area contributed by atoms with E-state index < -0.39 is 17.9 Å². The number of nitrogens with one attached hydrogen (secondary N) is 1. The summed E-state index contributed by atoms with van der Waals surface area (Å²) in [6.45, 7) is 3.79. The lowest BCUT2D eigenvalue weighted by Crippen LogP contribution is -2.41. The molecule has 0 aliphatic carbocycles. The monoisotopic (exact) mass is 306 g/mol. The number of carboxylic acid groups (broad SMARTS) is 1. The lowest BCUT2D eigenvalue weighted by atomic mass is 10.0. The molecule has 120 valence electrons. The maximum Gasteiger partial charge on any atom is 0.326 e. The molecule has 0 fully saturated rings. The molecular formula is C16H22N2O4. The standard InChI is InChI=1S/C16H22N2O4/c1-10(2)9-13(16(21)22)17-14(19)11-5-7-12(8-6-11)15(20)18(3)4/h5-8,10,13H,9H2,1-4H3,(H,17,19)(H,21,22). The van der Waals surface area contributed by atoms with Crippen molar-refractivity contribution in [3.63, 3.8) is 0 Å². The molecule has 0 bridgehead atoms. The Hall–Kier alpha value is -2.37. The SMILES string of the molecule is CC(C)CC(NC(=O)c1ccc(C(=O)N(C)C)cc1)C(=O)O. The summed E-state index contributed by atoms with van der Waals surface area (Å²) in [5.74, 6) is -1.52. The normalized spacial score (nSPS) is 11.9. The summed E-state index contributed by atoms with van der Waals surface area (Å²) in [6.07, 6.45) is 0.359. The Morgan fingerprint density at radius 2 is 1.59 bits per heavy atom. The Morgan fingerprint density at radius 3 is 2.00 bits per heavy atom. The molecule has 2 amide bonds. The molecule has 1 unspecified atom stereocenters. The molecule has 6 heteroatoms. The minimum Gasteiger partial charge on any atom is -0.480 e. The number of aliphatic carboxylic acids is 1. The zero-order chi connectivity index (χ0) is 16.9. The van der Waals surface area contributed by atoms with Crippen molar-refractivity contribution in [2.24, 2.45) is 5.92 Å². The smallest absolute Gasteiger partial charge is 0.326 e. The predicted molar refractivity (Wildman–Crippen MR) is 82.8 cm³/mol. The van der Waals surface area contributed by atoms with Gasteiger partial charge in [0.25, 0.3) is 11.8 Å². The van der Waals surface area contributed by atoms with E-state index in [-0.39, 0.29) is 11.8 Å². The van der Waals surface area contributed by atoms with E-state index in [2.05, 4.69) is 5.32 Å². The van der Waals surface area contributed by atoms with Crippen LogP contribution in [-0.4, -0.2) is 47.9 Å². The molecule has 0 aliphatic rings. The minimum absolute atomic E-state index is 0.154. The third-order valence-corrected chi connectivity index (χ3v) is 3.11. The van der Waals surface area contributed by atoms with E-state index in [0.717, 1.165) is 0 Å². The molecule has 1 rings (SSSR count). The number of rotatable bonds is 6. The maximum atomic E-state index is 12.1. The molecule has 0 spiro atoms. The average Bonchev–Trinajstić information content (AvgIpc) is 2.45. The van der Waals surface area contributed by atoms with Gasteiger partial charge in [0, 0.05) is 25.2 Å². The Kier molecular flexibility index (Phi) is 6.10. The zero-order valence-corrected chi connectivity index (χ0v) is 13.3. The zero-order valence-electron chi connectivity index (χ0n) is 13.3. The van der Waals surface area contributed by atoms with Crippen LogP contribution in [0, 0.1) is 5.92 Å². The van der Waals surface area contributed by atoms with Crippen LogP contribution in [0.2, 0.25) is 0 Å². The van der Waals surface area contributed by atoms with Crippen molar-refractivity contribution in [1.82, 2.24) is 10.2 Å². The fraction of sp³-hybridized carbons (Fsp3) is 0.438. The summed E-state index contributed by atoms with van der Waals surface area (Å²) in [4.78, 5) is 36.4. The van der Waals surface area contributed by atoms with E-state index in [1.807, 2.05) is 13.8 Å². The molecule has 6 nitrogen and oxygen atoms in total. The second kappa shape index (κ2) is 7.59. The fourth-order valence-electron chi connectivity index (χ4n) is 1.96. The second-order valence-corrected chi connectivity index (χ2v) is 5.77. The summed E-state index contributed by atoms with van der Waals surface area (Å²) in [7, 11) is 3.29. The van der Waals surface area contributed by atoms with Gasteiger partial charge >= 0.3 is 5.97 Å². The molecule has 1 atom stereocenters. The Balaban J connectivity index is 2.81. The van der Waals surface area contributed by atoms with E-state index in [1.165, 1.54) is 17.0 Å². The van der Waals surface area contributed by atoms with E-state index in [9.17, 15) is 14.4 Å². The van der Waals surface area contributed by atoms with Crippen molar-refractivity contribution in [2.45, 2.75) is 26.3 Å². The van der Waals surface area contributed by atoms with Crippen molar-refractivity contribution in [2.75, 3.05) is 14.1 Å². The van der Waals surface area contributed by atoms with Crippen LogP contribution in [0.1, 0.15) is 41.0 Å². The number of carbonyl (C=O) groups excluding carboxylic acids is 2. The van der Waals surface area contributed by atoms with Crippen molar-refractivity contribution in [3.05, 3.63) is 35.4 Å². The van der Waals surface area contributed by atoms with Crippen molar-refractivity contribution in [3.8, 4) is 0 Å². The van der Waals surface area contributed by atoms with Gasteiger partial charge in [-0.3, -0.25) is 9.59 Å². The molecule has 0 aromatic heterocycles. The number of amides is 2. The first-order chi connectivity index (χ1) is 10.2. The fourth-order valence-corrected chi connectivity index (χ4v) is 1.96. The number of nitrogens with zero attached hydrogens (tertiary/aromatic N) is 1. The highest BCUT2D eigenvalue weighted by molar-refractivity contribution is 5.98. The second-order valence-electron chi connectivity index (χ2n) is 5.77. The molecule has 1 aromatic carbocycles. The first kappa shape index (κ1) is 17.7. The molecule has 1 aromatic rings. The first-order valence-electron chi connectivity index (χ1n) is 7.07. The van der Waals surface area contributed by atoms with E-state index in [4.69, 9.17) is 5.11 Å². The number of hydrogen-bond acceptors (Lipinski definition) is 3. The first-order valence-corrected chi connectivity index (χ1v) is 7.07. The third-order valence-electron chi connectivity index (χ3n) is 3.11. The van der Waals surface area contributed by atoms with Crippen LogP contribution in [-0.2, 0) is 4.79 Å². The molecule has 0 saturated heterocycles. The average molecular weight is 306 g/mol. The molecule has 0 heterocycles. The number of carboxylic acids is 1. The van der Waals surface area contributed by atoms with Crippen LogP contribution in [0.5, 0.6) is 0 Å². The van der Waals surface area contributed by atoms with Crippen LogP contribution in [0.4, 0.5) is 0 Å². The van der Waals surface area contributed by atoms with Gasteiger partial charge in [0.1, 0.15) is 6.04 Å². The van der Waals surface area contributed by atoms with Gasteiger partial charge in [-0.1, -0.05) is 13.8 Å². The van der Waals surface area contributed by atoms with Gasteiger partial charge < -0.3 is 15.3 Å². The maximum absolute atomic E-state index is 12.1. The van der Waals surface area contributed by atoms with Gasteiger partial charge in [-0.05, 0) is 36.6 Å². The number of carbonyl (C=O) groups is 3.